The van der Waals surface area contributed by atoms with Gasteiger partial charge >= 0.3 is 0 Å². The summed E-state index contributed by atoms with van der Waals surface area (Å²) < 4.78 is 24.0. The molecule has 0 unspecified atom stereocenters. The number of hydrogen-bond acceptors (Lipinski definition) is 3. The number of para-hydroxylation sites is 2. The van der Waals surface area contributed by atoms with Crippen LogP contribution >= 0.6 is 0 Å². The molecular formula is C21H18FNO3. The number of hydrogen-bond donors (Lipinski definition) is 1. The van der Waals surface area contributed by atoms with Crippen LogP contribution in [-0.2, 0) is 0 Å². The molecule has 1 N–H and O–H groups in total. The van der Waals surface area contributed by atoms with Gasteiger partial charge in [0.05, 0.1) is 5.56 Å². The molecule has 3 rings (SSSR count). The first-order valence-electron chi connectivity index (χ1n) is 8.19. The average molecular weight is 351 g/mol. The van der Waals surface area contributed by atoms with Gasteiger partial charge in [-0.3, -0.25) is 4.79 Å². The molecule has 0 atom stereocenters. The van der Waals surface area contributed by atoms with Crippen molar-refractivity contribution in [1.82, 2.24) is 0 Å². The SMILES string of the molecule is O=C(Nc1ccccc1)c1ccccc1OCCOc1ccc(F)cc1. The quantitative estimate of drug-likeness (QED) is 0.636. The Balaban J connectivity index is 1.56. The monoisotopic (exact) mass is 351 g/mol. The highest BCUT2D eigenvalue weighted by Gasteiger charge is 2.12. The van der Waals surface area contributed by atoms with E-state index in [0.29, 0.717) is 22.7 Å². The van der Waals surface area contributed by atoms with Crippen LogP contribution in [0.15, 0.2) is 78.9 Å². The third-order valence-electron chi connectivity index (χ3n) is 3.59. The summed E-state index contributed by atoms with van der Waals surface area (Å²) in [6.07, 6.45) is 0. The van der Waals surface area contributed by atoms with E-state index in [1.54, 1.807) is 36.4 Å². The Morgan fingerprint density at radius 3 is 2.23 bits per heavy atom. The van der Waals surface area contributed by atoms with Crippen molar-refractivity contribution >= 4 is 11.6 Å². The summed E-state index contributed by atoms with van der Waals surface area (Å²) in [4.78, 5) is 12.5. The number of halogens is 1. The third kappa shape index (κ3) is 4.83. The lowest BCUT2D eigenvalue weighted by Gasteiger charge is -2.12. The highest BCUT2D eigenvalue weighted by atomic mass is 19.1. The number of rotatable bonds is 7. The van der Waals surface area contributed by atoms with Gasteiger partial charge in [0.15, 0.2) is 0 Å². The molecule has 0 fully saturated rings. The first-order valence-corrected chi connectivity index (χ1v) is 8.19. The molecule has 0 radical (unpaired) electrons. The smallest absolute Gasteiger partial charge is 0.259 e. The van der Waals surface area contributed by atoms with E-state index in [2.05, 4.69) is 5.32 Å². The minimum atomic E-state index is -0.313. The van der Waals surface area contributed by atoms with E-state index in [0.717, 1.165) is 0 Å². The molecule has 0 spiro atoms. The number of anilines is 1. The van der Waals surface area contributed by atoms with Gasteiger partial charge in [-0.05, 0) is 48.5 Å². The molecule has 0 bridgehead atoms. The molecule has 3 aromatic rings. The topological polar surface area (TPSA) is 47.6 Å². The molecule has 0 heterocycles. The lowest BCUT2D eigenvalue weighted by atomic mass is 10.2. The van der Waals surface area contributed by atoms with Crippen molar-refractivity contribution in [3.63, 3.8) is 0 Å². The molecule has 4 nitrogen and oxygen atoms in total. The Hall–Kier alpha value is -3.34. The van der Waals surface area contributed by atoms with Gasteiger partial charge < -0.3 is 14.8 Å². The van der Waals surface area contributed by atoms with Crippen molar-refractivity contribution in [3.05, 3.63) is 90.2 Å². The van der Waals surface area contributed by atoms with Crippen molar-refractivity contribution in [2.75, 3.05) is 18.5 Å². The fourth-order valence-corrected chi connectivity index (χ4v) is 2.34. The second-order valence-corrected chi connectivity index (χ2v) is 5.47. The standard InChI is InChI=1S/C21H18FNO3/c22-16-10-12-18(13-11-16)25-14-15-26-20-9-5-4-8-19(20)21(24)23-17-6-2-1-3-7-17/h1-13H,14-15H2,(H,23,24). The van der Waals surface area contributed by atoms with Crippen molar-refractivity contribution < 1.29 is 18.7 Å². The Kier molecular flexibility index (Phi) is 5.83. The van der Waals surface area contributed by atoms with Crippen LogP contribution in [-0.4, -0.2) is 19.1 Å². The van der Waals surface area contributed by atoms with Crippen molar-refractivity contribution in [2.24, 2.45) is 0 Å². The fourth-order valence-electron chi connectivity index (χ4n) is 2.34. The summed E-state index contributed by atoms with van der Waals surface area (Å²) in [6.45, 7) is 0.535. The Morgan fingerprint density at radius 1 is 0.808 bits per heavy atom. The van der Waals surface area contributed by atoms with E-state index in [-0.39, 0.29) is 24.9 Å². The lowest BCUT2D eigenvalue weighted by Crippen LogP contribution is -2.15. The number of carbonyl (C=O) groups is 1. The maximum Gasteiger partial charge on any atom is 0.259 e. The Labute approximate surface area is 151 Å². The lowest BCUT2D eigenvalue weighted by molar-refractivity contribution is 0.102. The molecule has 5 heteroatoms. The van der Waals surface area contributed by atoms with E-state index in [1.165, 1.54) is 12.1 Å². The van der Waals surface area contributed by atoms with Crippen molar-refractivity contribution in [1.29, 1.82) is 0 Å². The second-order valence-electron chi connectivity index (χ2n) is 5.47. The number of carbonyl (C=O) groups excluding carboxylic acids is 1. The largest absolute Gasteiger partial charge is 0.490 e. The van der Waals surface area contributed by atoms with E-state index in [1.807, 2.05) is 30.3 Å². The minimum Gasteiger partial charge on any atom is -0.490 e. The van der Waals surface area contributed by atoms with Gasteiger partial charge in [0.1, 0.15) is 30.5 Å². The maximum absolute atomic E-state index is 12.9. The van der Waals surface area contributed by atoms with Gasteiger partial charge in [-0.2, -0.15) is 0 Å². The van der Waals surface area contributed by atoms with Gasteiger partial charge in [-0.1, -0.05) is 30.3 Å². The van der Waals surface area contributed by atoms with Crippen LogP contribution < -0.4 is 14.8 Å². The Morgan fingerprint density at radius 2 is 1.46 bits per heavy atom. The molecule has 0 aliphatic carbocycles. The zero-order valence-corrected chi connectivity index (χ0v) is 14.0. The van der Waals surface area contributed by atoms with Crippen molar-refractivity contribution in [2.45, 2.75) is 0 Å². The highest BCUT2D eigenvalue weighted by molar-refractivity contribution is 6.06. The minimum absolute atomic E-state index is 0.244. The zero-order valence-electron chi connectivity index (χ0n) is 14.0. The highest BCUT2D eigenvalue weighted by Crippen LogP contribution is 2.20. The van der Waals surface area contributed by atoms with Gasteiger partial charge in [-0.25, -0.2) is 4.39 Å². The summed E-state index contributed by atoms with van der Waals surface area (Å²) in [7, 11) is 0. The summed E-state index contributed by atoms with van der Waals surface area (Å²) >= 11 is 0. The zero-order chi connectivity index (χ0) is 18.2. The van der Waals surface area contributed by atoms with E-state index in [4.69, 9.17) is 9.47 Å². The van der Waals surface area contributed by atoms with Crippen LogP contribution in [0.5, 0.6) is 11.5 Å². The maximum atomic E-state index is 12.9. The first kappa shape index (κ1) is 17.5. The van der Waals surface area contributed by atoms with Crippen LogP contribution in [0.3, 0.4) is 0 Å². The van der Waals surface area contributed by atoms with E-state index >= 15 is 0 Å². The number of ether oxygens (including phenoxy) is 2. The molecule has 0 aliphatic rings. The molecule has 1 amide bonds. The molecule has 0 saturated carbocycles. The molecule has 132 valence electrons. The average Bonchev–Trinajstić information content (AvgIpc) is 2.68. The van der Waals surface area contributed by atoms with Gasteiger partial charge in [0, 0.05) is 5.69 Å². The van der Waals surface area contributed by atoms with Gasteiger partial charge in [0.25, 0.3) is 5.91 Å². The van der Waals surface area contributed by atoms with Crippen molar-refractivity contribution in [3.8, 4) is 11.5 Å². The molecule has 3 aromatic carbocycles. The van der Waals surface area contributed by atoms with E-state index in [9.17, 15) is 9.18 Å². The van der Waals surface area contributed by atoms with Crippen LogP contribution in [0.2, 0.25) is 0 Å². The summed E-state index contributed by atoms with van der Waals surface area (Å²) in [5.74, 6) is 0.479. The summed E-state index contributed by atoms with van der Waals surface area (Å²) in [5, 5.41) is 2.83. The molecular weight excluding hydrogens is 333 g/mol. The summed E-state index contributed by atoms with van der Waals surface area (Å²) in [5.41, 5.74) is 1.16. The number of amides is 1. The van der Waals surface area contributed by atoms with Gasteiger partial charge in [0.2, 0.25) is 0 Å². The molecule has 26 heavy (non-hydrogen) atoms. The normalized spacial score (nSPS) is 10.2. The molecule has 0 aliphatic heterocycles. The van der Waals surface area contributed by atoms with Gasteiger partial charge in [-0.15, -0.1) is 0 Å². The Bertz CT molecular complexity index is 851. The van der Waals surface area contributed by atoms with Crippen LogP contribution in [0.25, 0.3) is 0 Å². The summed E-state index contributed by atoms with van der Waals surface area (Å²) in [6, 6.07) is 22.0. The third-order valence-corrected chi connectivity index (χ3v) is 3.59. The predicted molar refractivity (Wildman–Crippen MR) is 98.2 cm³/mol. The first-order chi connectivity index (χ1) is 12.7. The number of nitrogens with one attached hydrogen (secondary N) is 1. The molecule has 0 aromatic heterocycles. The molecule has 0 saturated heterocycles. The van der Waals surface area contributed by atoms with E-state index < -0.39 is 0 Å². The van der Waals surface area contributed by atoms with Crippen LogP contribution in [0, 0.1) is 5.82 Å². The second kappa shape index (κ2) is 8.67. The van der Waals surface area contributed by atoms with Crippen LogP contribution in [0.4, 0.5) is 10.1 Å². The fraction of sp³-hybridized carbons (Fsp3) is 0.0952. The van der Waals surface area contributed by atoms with Crippen LogP contribution in [0.1, 0.15) is 10.4 Å². The number of benzene rings is 3. The predicted octanol–water partition coefficient (Wildman–Crippen LogP) is 4.54.